The molecule has 1 aliphatic rings. The minimum atomic E-state index is -0.647. The van der Waals surface area contributed by atoms with E-state index in [0.29, 0.717) is 57.2 Å². The largest absolute Gasteiger partial charge is 0.495 e. The van der Waals surface area contributed by atoms with Gasteiger partial charge >= 0.3 is 6.09 Å². The Hall–Kier alpha value is -4.16. The molecule has 3 heterocycles. The summed E-state index contributed by atoms with van der Waals surface area (Å²) < 4.78 is 12.6. The van der Waals surface area contributed by atoms with Gasteiger partial charge in [-0.25, -0.2) is 19.7 Å². The van der Waals surface area contributed by atoms with E-state index in [9.17, 15) is 14.4 Å². The molecule has 13 heteroatoms. The number of hydrogen-bond acceptors (Lipinski definition) is 9. The molecule has 236 valence electrons. The molecule has 5 rings (SSSR count). The van der Waals surface area contributed by atoms with Gasteiger partial charge in [0.25, 0.3) is 11.5 Å². The molecule has 1 aliphatic heterocycles. The molecule has 0 saturated carbocycles. The zero-order valence-corrected chi connectivity index (χ0v) is 27.8. The lowest BCUT2D eigenvalue weighted by molar-refractivity contribution is -0.0203. The number of methoxy groups -OCH3 is 1. The Kier molecular flexibility index (Phi) is 8.83. The van der Waals surface area contributed by atoms with Gasteiger partial charge in [0.15, 0.2) is 5.16 Å². The number of carbonyl (C=O) groups excluding carboxylic acids is 2. The third kappa shape index (κ3) is 6.76. The first-order valence-electron chi connectivity index (χ1n) is 14.3. The number of aryl methyl sites for hydroxylation is 1. The number of para-hydroxylation sites is 1. The molecular weight excluding hydrogens is 616 g/mol. The van der Waals surface area contributed by atoms with Gasteiger partial charge < -0.3 is 14.4 Å². The summed E-state index contributed by atoms with van der Waals surface area (Å²) >= 11 is 7.49. The predicted molar refractivity (Wildman–Crippen MR) is 173 cm³/mol. The van der Waals surface area contributed by atoms with Crippen LogP contribution >= 0.6 is 23.4 Å². The molecule has 2 amide bonds. The molecule has 0 radical (unpaired) electrons. The third-order valence-electron chi connectivity index (χ3n) is 7.29. The summed E-state index contributed by atoms with van der Waals surface area (Å²) in [5, 5.41) is 1.72. The number of ether oxygens (including phenoxy) is 2. The van der Waals surface area contributed by atoms with Gasteiger partial charge in [0.05, 0.1) is 41.6 Å². The molecule has 0 N–H and O–H groups in total. The summed E-state index contributed by atoms with van der Waals surface area (Å²) in [5.74, 6) is 0.117. The van der Waals surface area contributed by atoms with Crippen molar-refractivity contribution in [2.24, 2.45) is 0 Å². The maximum absolute atomic E-state index is 13.8. The minimum absolute atomic E-state index is 0.166. The number of benzene rings is 2. The normalized spacial score (nSPS) is 14.8. The standard InChI is InChI=1S/C32H35ClN6O5S/c1-19-14-24(25(43-7)15-21(19)33)39-27(40)20-10-8-9-11-22(20)36-29(39)45-26-17-34-23(16-35-26)28(41)37-12-13-38(32(5,6)18-37)30(42)44-31(2,3)4/h8-11,14-17H,12-13,18H2,1-7H3. The SMILES string of the molecule is COc1cc(Cl)c(C)cc1-n1c(Sc2cnc(C(=O)N3CCN(C(=O)OC(C)(C)C)C(C)(C)C3)cn2)nc2ccccc2c1=O. The number of hydrogen-bond donors (Lipinski definition) is 0. The van der Waals surface area contributed by atoms with Crippen LogP contribution in [0, 0.1) is 6.92 Å². The molecule has 45 heavy (non-hydrogen) atoms. The molecule has 2 aromatic carbocycles. The van der Waals surface area contributed by atoms with Crippen molar-refractivity contribution < 1.29 is 19.1 Å². The van der Waals surface area contributed by atoms with E-state index in [1.807, 2.05) is 47.6 Å². The molecule has 2 aromatic heterocycles. The molecule has 11 nitrogen and oxygen atoms in total. The first-order valence-corrected chi connectivity index (χ1v) is 15.5. The van der Waals surface area contributed by atoms with Crippen molar-refractivity contribution in [1.82, 2.24) is 29.3 Å². The van der Waals surface area contributed by atoms with Gasteiger partial charge in [-0.1, -0.05) is 23.7 Å². The van der Waals surface area contributed by atoms with E-state index in [1.54, 1.807) is 40.1 Å². The Balaban J connectivity index is 1.41. The monoisotopic (exact) mass is 650 g/mol. The van der Waals surface area contributed by atoms with Crippen LogP contribution < -0.4 is 10.3 Å². The van der Waals surface area contributed by atoms with Crippen LogP contribution in [-0.4, -0.2) is 79.2 Å². The molecule has 0 spiro atoms. The van der Waals surface area contributed by atoms with Crippen LogP contribution in [0.4, 0.5) is 4.79 Å². The van der Waals surface area contributed by atoms with Crippen molar-refractivity contribution in [1.29, 1.82) is 0 Å². The fraction of sp³-hybridized carbons (Fsp3) is 0.375. The Morgan fingerprint density at radius 1 is 1.07 bits per heavy atom. The third-order valence-corrected chi connectivity index (χ3v) is 8.58. The highest BCUT2D eigenvalue weighted by Crippen LogP contribution is 2.34. The number of piperazine rings is 1. The highest BCUT2D eigenvalue weighted by atomic mass is 35.5. The van der Waals surface area contributed by atoms with E-state index in [1.165, 1.54) is 24.1 Å². The van der Waals surface area contributed by atoms with Crippen molar-refractivity contribution in [3.05, 3.63) is 75.4 Å². The molecule has 0 aliphatic carbocycles. The Labute approximate surface area is 270 Å². The lowest BCUT2D eigenvalue weighted by Crippen LogP contribution is -2.62. The maximum Gasteiger partial charge on any atom is 0.410 e. The molecule has 4 aromatic rings. The number of rotatable bonds is 5. The molecule has 0 bridgehead atoms. The van der Waals surface area contributed by atoms with Gasteiger partial charge in [-0.05, 0) is 77.1 Å². The number of nitrogens with zero attached hydrogens (tertiary/aromatic N) is 6. The van der Waals surface area contributed by atoms with Gasteiger partial charge in [-0.3, -0.25) is 19.1 Å². The molecule has 1 fully saturated rings. The number of fused-ring (bicyclic) bond motifs is 1. The van der Waals surface area contributed by atoms with Crippen molar-refractivity contribution >= 4 is 46.3 Å². The number of halogens is 1. The van der Waals surface area contributed by atoms with Crippen molar-refractivity contribution in [2.45, 2.75) is 62.9 Å². The second-order valence-electron chi connectivity index (χ2n) is 12.3. The van der Waals surface area contributed by atoms with Gasteiger partial charge in [0.1, 0.15) is 22.1 Å². The van der Waals surface area contributed by atoms with Gasteiger partial charge in [0.2, 0.25) is 0 Å². The van der Waals surface area contributed by atoms with Crippen LogP contribution in [0.5, 0.6) is 5.75 Å². The topological polar surface area (TPSA) is 120 Å². The first kappa shape index (κ1) is 32.2. The fourth-order valence-electron chi connectivity index (χ4n) is 5.10. The highest BCUT2D eigenvalue weighted by molar-refractivity contribution is 7.99. The van der Waals surface area contributed by atoms with Crippen LogP contribution in [-0.2, 0) is 4.74 Å². The molecular formula is C32H35ClN6O5S. The summed E-state index contributed by atoms with van der Waals surface area (Å²) in [5.41, 5.74) is 0.395. The average Bonchev–Trinajstić information content (AvgIpc) is 2.97. The molecule has 1 saturated heterocycles. The summed E-state index contributed by atoms with van der Waals surface area (Å²) in [6.07, 6.45) is 2.48. The van der Waals surface area contributed by atoms with E-state index in [4.69, 9.17) is 26.1 Å². The minimum Gasteiger partial charge on any atom is -0.495 e. The maximum atomic E-state index is 13.8. The van der Waals surface area contributed by atoms with Gasteiger partial charge in [0, 0.05) is 30.7 Å². The van der Waals surface area contributed by atoms with E-state index in [0.717, 1.165) is 17.3 Å². The second kappa shape index (κ2) is 12.3. The van der Waals surface area contributed by atoms with Crippen molar-refractivity contribution in [2.75, 3.05) is 26.7 Å². The summed E-state index contributed by atoms with van der Waals surface area (Å²) in [7, 11) is 1.51. The number of amides is 2. The fourth-order valence-corrected chi connectivity index (χ4v) is 6.07. The quantitative estimate of drug-likeness (QED) is 0.248. The van der Waals surface area contributed by atoms with Crippen LogP contribution in [0.1, 0.15) is 50.7 Å². The van der Waals surface area contributed by atoms with E-state index in [2.05, 4.69) is 9.97 Å². The zero-order chi connectivity index (χ0) is 32.7. The van der Waals surface area contributed by atoms with Crippen LogP contribution in [0.3, 0.4) is 0 Å². The lowest BCUT2D eigenvalue weighted by Gasteiger charge is -2.46. The zero-order valence-electron chi connectivity index (χ0n) is 26.3. The number of aromatic nitrogens is 4. The van der Waals surface area contributed by atoms with Crippen molar-refractivity contribution in [3.63, 3.8) is 0 Å². The number of carbonyl (C=O) groups is 2. The first-order chi connectivity index (χ1) is 21.2. The molecule has 0 atom stereocenters. The van der Waals surface area contributed by atoms with Gasteiger partial charge in [-0.15, -0.1) is 0 Å². The Bertz CT molecular complexity index is 1840. The summed E-state index contributed by atoms with van der Waals surface area (Å²) in [6.45, 7) is 12.1. The van der Waals surface area contributed by atoms with Crippen LogP contribution in [0.15, 0.2) is 63.8 Å². The van der Waals surface area contributed by atoms with Crippen LogP contribution in [0.25, 0.3) is 16.6 Å². The van der Waals surface area contributed by atoms with E-state index < -0.39 is 17.2 Å². The summed E-state index contributed by atoms with van der Waals surface area (Å²) in [6, 6.07) is 10.5. The predicted octanol–water partition coefficient (Wildman–Crippen LogP) is 5.77. The van der Waals surface area contributed by atoms with Crippen molar-refractivity contribution in [3.8, 4) is 11.4 Å². The van der Waals surface area contributed by atoms with Gasteiger partial charge in [-0.2, -0.15) is 0 Å². The lowest BCUT2D eigenvalue weighted by atomic mass is 9.99. The summed E-state index contributed by atoms with van der Waals surface area (Å²) in [4.78, 5) is 57.0. The van der Waals surface area contributed by atoms with E-state index >= 15 is 0 Å². The average molecular weight is 651 g/mol. The smallest absolute Gasteiger partial charge is 0.410 e. The Morgan fingerprint density at radius 2 is 1.80 bits per heavy atom. The Morgan fingerprint density at radius 3 is 2.44 bits per heavy atom. The van der Waals surface area contributed by atoms with E-state index in [-0.39, 0.29) is 17.2 Å². The second-order valence-corrected chi connectivity index (χ2v) is 13.7. The van der Waals surface area contributed by atoms with Crippen LogP contribution in [0.2, 0.25) is 5.02 Å². The highest BCUT2D eigenvalue weighted by Gasteiger charge is 2.40. The molecule has 0 unspecified atom stereocenters.